The molecule has 5 nitrogen and oxygen atoms in total. The summed E-state index contributed by atoms with van der Waals surface area (Å²) < 4.78 is 6.66. The van der Waals surface area contributed by atoms with Crippen molar-refractivity contribution in [3.8, 4) is 5.75 Å². The second-order valence-electron chi connectivity index (χ2n) is 7.88. The number of hydrogen-bond donors (Lipinski definition) is 1. The molecule has 3 aromatic carbocycles. The summed E-state index contributed by atoms with van der Waals surface area (Å²) in [6.07, 6.45) is 1.23. The lowest BCUT2D eigenvalue weighted by Crippen LogP contribution is -2.49. The van der Waals surface area contributed by atoms with Crippen LogP contribution in [0.25, 0.3) is 0 Å². The summed E-state index contributed by atoms with van der Waals surface area (Å²) in [6.45, 7) is 0.725. The van der Waals surface area contributed by atoms with E-state index in [1.807, 2.05) is 54.6 Å². The Bertz CT molecular complexity index is 1080. The largest absolute Gasteiger partial charge is 0.494 e. The van der Waals surface area contributed by atoms with E-state index < -0.39 is 6.04 Å². The van der Waals surface area contributed by atoms with Crippen LogP contribution >= 0.6 is 27.5 Å². The van der Waals surface area contributed by atoms with Crippen molar-refractivity contribution in [2.45, 2.75) is 31.8 Å². The van der Waals surface area contributed by atoms with Crippen molar-refractivity contribution in [1.29, 1.82) is 0 Å². The first-order valence-electron chi connectivity index (χ1n) is 11.1. The van der Waals surface area contributed by atoms with Crippen molar-refractivity contribution in [2.24, 2.45) is 0 Å². The summed E-state index contributed by atoms with van der Waals surface area (Å²) in [5.74, 6) is 0.420. The maximum atomic E-state index is 13.4. The van der Waals surface area contributed by atoms with E-state index in [0.29, 0.717) is 36.8 Å². The number of halogens is 2. The third-order valence-electron chi connectivity index (χ3n) is 5.38. The molecule has 0 radical (unpaired) electrons. The van der Waals surface area contributed by atoms with Crippen molar-refractivity contribution >= 4 is 39.3 Å². The number of likely N-dealkylation sites (N-methyl/N-ethyl adjacent to an activating group) is 1. The zero-order valence-electron chi connectivity index (χ0n) is 19.0. The van der Waals surface area contributed by atoms with Gasteiger partial charge in [-0.25, -0.2) is 0 Å². The van der Waals surface area contributed by atoms with Crippen LogP contribution in [0.5, 0.6) is 5.75 Å². The van der Waals surface area contributed by atoms with Crippen LogP contribution < -0.4 is 10.1 Å². The molecule has 7 heteroatoms. The van der Waals surface area contributed by atoms with Crippen molar-refractivity contribution in [3.05, 3.63) is 99.5 Å². The van der Waals surface area contributed by atoms with Gasteiger partial charge in [-0.3, -0.25) is 9.59 Å². The first-order chi connectivity index (χ1) is 16.5. The summed E-state index contributed by atoms with van der Waals surface area (Å²) in [5.41, 5.74) is 1.94. The van der Waals surface area contributed by atoms with Crippen LogP contribution in [0.1, 0.15) is 24.0 Å². The third-order valence-corrected chi connectivity index (χ3v) is 6.12. The fraction of sp³-hybridized carbons (Fsp3) is 0.259. The summed E-state index contributed by atoms with van der Waals surface area (Å²) >= 11 is 9.40. The highest BCUT2D eigenvalue weighted by molar-refractivity contribution is 9.10. The summed E-state index contributed by atoms with van der Waals surface area (Å²) in [5, 5.41) is 3.38. The fourth-order valence-corrected chi connectivity index (χ4v) is 4.21. The quantitative estimate of drug-likeness (QED) is 0.318. The predicted molar refractivity (Wildman–Crippen MR) is 139 cm³/mol. The highest BCUT2D eigenvalue weighted by Crippen LogP contribution is 2.19. The Balaban J connectivity index is 1.74. The van der Waals surface area contributed by atoms with Gasteiger partial charge in [-0.15, -0.1) is 0 Å². The van der Waals surface area contributed by atoms with Gasteiger partial charge in [0.2, 0.25) is 11.8 Å². The van der Waals surface area contributed by atoms with E-state index in [4.69, 9.17) is 16.3 Å². The van der Waals surface area contributed by atoms with Crippen LogP contribution in [0.2, 0.25) is 5.02 Å². The van der Waals surface area contributed by atoms with Crippen LogP contribution in [-0.2, 0) is 22.6 Å². The zero-order valence-corrected chi connectivity index (χ0v) is 21.4. The monoisotopic (exact) mass is 542 g/mol. The Kier molecular flexibility index (Phi) is 9.98. The first-order valence-corrected chi connectivity index (χ1v) is 12.3. The van der Waals surface area contributed by atoms with Gasteiger partial charge in [0.1, 0.15) is 11.8 Å². The molecule has 0 heterocycles. The van der Waals surface area contributed by atoms with E-state index in [1.165, 1.54) is 0 Å². The molecule has 2 amide bonds. The SMILES string of the molecule is CNC(=O)C(Cc1ccccc1)N(Cc1cccc(Br)c1)C(=O)CCCOc1ccc(Cl)cc1. The lowest BCUT2D eigenvalue weighted by molar-refractivity contribution is -0.141. The standard InChI is InChI=1S/C27H28BrClN2O3/c1-30-27(33)25(18-20-7-3-2-4-8-20)31(19-21-9-5-10-22(28)17-21)26(32)11-6-16-34-24-14-12-23(29)13-15-24/h2-5,7-10,12-15,17,25H,6,11,16,18-19H2,1H3,(H,30,33). The molecule has 0 saturated carbocycles. The van der Waals surface area contributed by atoms with Gasteiger partial charge in [-0.1, -0.05) is 70.0 Å². The molecule has 3 aromatic rings. The van der Waals surface area contributed by atoms with Crippen LogP contribution in [0.4, 0.5) is 0 Å². The van der Waals surface area contributed by atoms with Crippen LogP contribution in [0, 0.1) is 0 Å². The van der Waals surface area contributed by atoms with Crippen molar-refractivity contribution in [1.82, 2.24) is 10.2 Å². The molecule has 0 aliphatic heterocycles. The van der Waals surface area contributed by atoms with E-state index in [0.717, 1.165) is 15.6 Å². The van der Waals surface area contributed by atoms with Gasteiger partial charge in [0.15, 0.2) is 0 Å². The van der Waals surface area contributed by atoms with E-state index in [-0.39, 0.29) is 18.2 Å². The van der Waals surface area contributed by atoms with E-state index in [9.17, 15) is 9.59 Å². The summed E-state index contributed by atoms with van der Waals surface area (Å²) in [6, 6.07) is 24.0. The number of amides is 2. The zero-order chi connectivity index (χ0) is 24.3. The number of ether oxygens (including phenoxy) is 1. The average Bonchev–Trinajstić information content (AvgIpc) is 2.85. The average molecular weight is 544 g/mol. The normalized spacial score (nSPS) is 11.5. The molecular weight excluding hydrogens is 516 g/mol. The number of carbonyl (C=O) groups excluding carboxylic acids is 2. The highest BCUT2D eigenvalue weighted by atomic mass is 79.9. The highest BCUT2D eigenvalue weighted by Gasteiger charge is 2.29. The number of rotatable bonds is 11. The second kappa shape index (κ2) is 13.2. The molecule has 1 atom stereocenters. The molecule has 3 rings (SSSR count). The lowest BCUT2D eigenvalue weighted by atomic mass is 10.0. The first kappa shape index (κ1) is 25.8. The molecule has 0 aliphatic rings. The molecular formula is C27H28BrClN2O3. The Morgan fingerprint density at radius 1 is 1.00 bits per heavy atom. The number of hydrogen-bond acceptors (Lipinski definition) is 3. The number of benzene rings is 3. The van der Waals surface area contributed by atoms with Gasteiger partial charge >= 0.3 is 0 Å². The smallest absolute Gasteiger partial charge is 0.242 e. The number of nitrogens with zero attached hydrogens (tertiary/aromatic N) is 1. The molecule has 1 unspecified atom stereocenters. The van der Waals surface area contributed by atoms with Gasteiger partial charge < -0.3 is 15.0 Å². The predicted octanol–water partition coefficient (Wildman–Crippen LogP) is 5.65. The van der Waals surface area contributed by atoms with Crippen LogP contribution in [-0.4, -0.2) is 36.4 Å². The maximum absolute atomic E-state index is 13.4. The van der Waals surface area contributed by atoms with E-state index >= 15 is 0 Å². The molecule has 34 heavy (non-hydrogen) atoms. The molecule has 0 aliphatic carbocycles. The molecule has 0 fully saturated rings. The minimum absolute atomic E-state index is 0.0933. The maximum Gasteiger partial charge on any atom is 0.242 e. The van der Waals surface area contributed by atoms with E-state index in [2.05, 4.69) is 21.2 Å². The lowest BCUT2D eigenvalue weighted by Gasteiger charge is -2.31. The molecule has 0 saturated heterocycles. The molecule has 0 spiro atoms. The third kappa shape index (κ3) is 7.89. The Morgan fingerprint density at radius 3 is 2.38 bits per heavy atom. The molecule has 0 bridgehead atoms. The van der Waals surface area contributed by atoms with Gasteiger partial charge in [-0.05, 0) is 53.9 Å². The molecule has 178 valence electrons. The Hall–Kier alpha value is -2.83. The van der Waals surface area contributed by atoms with Gasteiger partial charge in [0.25, 0.3) is 0 Å². The molecule has 1 N–H and O–H groups in total. The number of nitrogens with one attached hydrogen (secondary N) is 1. The Labute approximate surface area is 214 Å². The number of carbonyl (C=O) groups is 2. The van der Waals surface area contributed by atoms with Crippen LogP contribution in [0.3, 0.4) is 0 Å². The van der Waals surface area contributed by atoms with Gasteiger partial charge in [-0.2, -0.15) is 0 Å². The van der Waals surface area contributed by atoms with Crippen molar-refractivity contribution < 1.29 is 14.3 Å². The minimum atomic E-state index is -0.629. The topological polar surface area (TPSA) is 58.6 Å². The molecule has 0 aromatic heterocycles. The van der Waals surface area contributed by atoms with E-state index in [1.54, 1.807) is 36.2 Å². The van der Waals surface area contributed by atoms with Crippen molar-refractivity contribution in [3.63, 3.8) is 0 Å². The fourth-order valence-electron chi connectivity index (χ4n) is 3.64. The summed E-state index contributed by atoms with van der Waals surface area (Å²) in [7, 11) is 1.60. The van der Waals surface area contributed by atoms with Gasteiger partial charge in [0.05, 0.1) is 6.61 Å². The second-order valence-corrected chi connectivity index (χ2v) is 9.23. The van der Waals surface area contributed by atoms with Gasteiger partial charge in [0, 0.05) is 35.9 Å². The Morgan fingerprint density at radius 2 is 1.71 bits per heavy atom. The minimum Gasteiger partial charge on any atom is -0.494 e. The van der Waals surface area contributed by atoms with Crippen LogP contribution in [0.15, 0.2) is 83.3 Å². The summed E-state index contributed by atoms with van der Waals surface area (Å²) in [4.78, 5) is 28.0. The van der Waals surface area contributed by atoms with Crippen molar-refractivity contribution in [2.75, 3.05) is 13.7 Å².